The number of hydrogen-bond acceptors (Lipinski definition) is 4. The summed E-state index contributed by atoms with van der Waals surface area (Å²) in [7, 11) is 0. The zero-order chi connectivity index (χ0) is 16.8. The summed E-state index contributed by atoms with van der Waals surface area (Å²) in [6, 6.07) is 17.4. The van der Waals surface area contributed by atoms with Crippen LogP contribution in [0, 0.1) is 0 Å². The molecule has 0 spiro atoms. The van der Waals surface area contributed by atoms with E-state index in [0.29, 0.717) is 11.6 Å². The summed E-state index contributed by atoms with van der Waals surface area (Å²) in [5.41, 5.74) is 2.64. The van der Waals surface area contributed by atoms with Gasteiger partial charge in [0.2, 0.25) is 5.95 Å². The first-order valence-electron chi connectivity index (χ1n) is 7.82. The molecule has 3 aromatic rings. The third-order valence-electron chi connectivity index (χ3n) is 3.66. The van der Waals surface area contributed by atoms with Crippen LogP contribution in [0.15, 0.2) is 60.8 Å². The standard InChI is InChI=1S/C19H18ClN3O/c20-16-10-8-14(9-11-16)5-4-12-21-19-22-13-17(24)18(23-19)15-6-2-1-3-7-15/h1-3,6-11,13,24H,4-5,12H2,(H,21,22,23). The number of anilines is 1. The second kappa shape index (κ2) is 7.79. The Hall–Kier alpha value is -2.59. The normalized spacial score (nSPS) is 10.5. The predicted octanol–water partition coefficient (Wildman–Crippen LogP) is 4.55. The molecule has 0 fully saturated rings. The maximum atomic E-state index is 9.97. The quantitative estimate of drug-likeness (QED) is 0.647. The molecule has 3 rings (SSSR count). The molecule has 0 atom stereocenters. The van der Waals surface area contributed by atoms with Crippen molar-refractivity contribution in [3.05, 3.63) is 71.4 Å². The first-order chi connectivity index (χ1) is 11.7. The molecular formula is C19H18ClN3O. The number of halogens is 1. The third-order valence-corrected chi connectivity index (χ3v) is 3.91. The van der Waals surface area contributed by atoms with E-state index in [1.165, 1.54) is 11.8 Å². The number of hydrogen-bond donors (Lipinski definition) is 2. The number of aromatic hydroxyl groups is 1. The molecule has 0 saturated carbocycles. The fourth-order valence-corrected chi connectivity index (χ4v) is 2.54. The highest BCUT2D eigenvalue weighted by Gasteiger charge is 2.08. The Morgan fingerprint density at radius 1 is 1.00 bits per heavy atom. The van der Waals surface area contributed by atoms with Gasteiger partial charge >= 0.3 is 0 Å². The lowest BCUT2D eigenvalue weighted by Gasteiger charge is -2.08. The maximum absolute atomic E-state index is 9.97. The molecule has 0 saturated heterocycles. The van der Waals surface area contributed by atoms with E-state index >= 15 is 0 Å². The number of benzene rings is 2. The minimum Gasteiger partial charge on any atom is -0.504 e. The van der Waals surface area contributed by atoms with Crippen LogP contribution in [0.2, 0.25) is 5.02 Å². The Morgan fingerprint density at radius 3 is 2.50 bits per heavy atom. The van der Waals surface area contributed by atoms with Crippen LogP contribution in [0.4, 0.5) is 5.95 Å². The molecule has 0 aliphatic rings. The van der Waals surface area contributed by atoms with E-state index < -0.39 is 0 Å². The minimum absolute atomic E-state index is 0.0768. The summed E-state index contributed by atoms with van der Waals surface area (Å²) < 4.78 is 0. The molecule has 1 aromatic heterocycles. The fourth-order valence-electron chi connectivity index (χ4n) is 2.41. The van der Waals surface area contributed by atoms with Gasteiger partial charge in [-0.15, -0.1) is 0 Å². The van der Waals surface area contributed by atoms with Crippen LogP contribution in [-0.2, 0) is 6.42 Å². The zero-order valence-corrected chi connectivity index (χ0v) is 13.9. The van der Waals surface area contributed by atoms with Gasteiger partial charge in [0.15, 0.2) is 5.75 Å². The molecule has 4 nitrogen and oxygen atoms in total. The number of nitrogens with zero attached hydrogens (tertiary/aromatic N) is 2. The van der Waals surface area contributed by atoms with Crippen LogP contribution in [0.5, 0.6) is 5.75 Å². The van der Waals surface area contributed by atoms with Crippen LogP contribution in [0.1, 0.15) is 12.0 Å². The average molecular weight is 340 g/mol. The second-order valence-corrected chi connectivity index (χ2v) is 5.89. The zero-order valence-electron chi connectivity index (χ0n) is 13.1. The van der Waals surface area contributed by atoms with Crippen molar-refractivity contribution >= 4 is 17.5 Å². The van der Waals surface area contributed by atoms with E-state index in [-0.39, 0.29) is 5.75 Å². The average Bonchev–Trinajstić information content (AvgIpc) is 2.62. The molecule has 0 amide bonds. The molecule has 5 heteroatoms. The van der Waals surface area contributed by atoms with Crippen LogP contribution >= 0.6 is 11.6 Å². The first kappa shape index (κ1) is 16.3. The smallest absolute Gasteiger partial charge is 0.223 e. The molecular weight excluding hydrogens is 322 g/mol. The third kappa shape index (κ3) is 4.24. The number of aromatic nitrogens is 2. The lowest BCUT2D eigenvalue weighted by Crippen LogP contribution is -2.06. The van der Waals surface area contributed by atoms with Gasteiger partial charge in [-0.1, -0.05) is 54.1 Å². The minimum atomic E-state index is 0.0768. The summed E-state index contributed by atoms with van der Waals surface area (Å²) in [6.45, 7) is 0.752. The van der Waals surface area contributed by atoms with Gasteiger partial charge in [0.1, 0.15) is 5.69 Å². The molecule has 2 N–H and O–H groups in total. The van der Waals surface area contributed by atoms with E-state index in [2.05, 4.69) is 15.3 Å². The predicted molar refractivity (Wildman–Crippen MR) is 97.4 cm³/mol. The highest BCUT2D eigenvalue weighted by Crippen LogP contribution is 2.26. The van der Waals surface area contributed by atoms with Crippen molar-refractivity contribution in [1.82, 2.24) is 9.97 Å². The highest BCUT2D eigenvalue weighted by molar-refractivity contribution is 6.30. The molecule has 1 heterocycles. The van der Waals surface area contributed by atoms with E-state index in [0.717, 1.165) is 30.0 Å². The van der Waals surface area contributed by atoms with Gasteiger partial charge in [0.05, 0.1) is 6.20 Å². The number of aryl methyl sites for hydroxylation is 1. The summed E-state index contributed by atoms with van der Waals surface area (Å²) >= 11 is 5.88. The second-order valence-electron chi connectivity index (χ2n) is 5.45. The largest absolute Gasteiger partial charge is 0.504 e. The Labute approximate surface area is 146 Å². The van der Waals surface area contributed by atoms with Crippen molar-refractivity contribution in [1.29, 1.82) is 0 Å². The van der Waals surface area contributed by atoms with Crippen LogP contribution in [0.3, 0.4) is 0 Å². The van der Waals surface area contributed by atoms with Gasteiger partial charge in [0, 0.05) is 17.1 Å². The maximum Gasteiger partial charge on any atom is 0.223 e. The van der Waals surface area contributed by atoms with Gasteiger partial charge in [-0.2, -0.15) is 0 Å². The lowest BCUT2D eigenvalue weighted by molar-refractivity contribution is 0.472. The van der Waals surface area contributed by atoms with Crippen LogP contribution in [0.25, 0.3) is 11.3 Å². The van der Waals surface area contributed by atoms with E-state index in [9.17, 15) is 5.11 Å². The summed E-state index contributed by atoms with van der Waals surface area (Å²) in [4.78, 5) is 8.54. The summed E-state index contributed by atoms with van der Waals surface area (Å²) in [5, 5.41) is 13.9. The number of nitrogens with one attached hydrogen (secondary N) is 1. The van der Waals surface area contributed by atoms with Crippen LogP contribution < -0.4 is 5.32 Å². The van der Waals surface area contributed by atoms with E-state index in [1.54, 1.807) is 0 Å². The molecule has 0 bridgehead atoms. The van der Waals surface area contributed by atoms with Crippen molar-refractivity contribution in [3.8, 4) is 17.0 Å². The molecule has 2 aromatic carbocycles. The Balaban J connectivity index is 1.59. The summed E-state index contributed by atoms with van der Waals surface area (Å²) in [6.07, 6.45) is 3.33. The van der Waals surface area contributed by atoms with Gasteiger partial charge < -0.3 is 10.4 Å². The molecule has 0 unspecified atom stereocenters. The van der Waals surface area contributed by atoms with Crippen molar-refractivity contribution in [3.63, 3.8) is 0 Å². The lowest BCUT2D eigenvalue weighted by atomic mass is 10.1. The fraction of sp³-hybridized carbons (Fsp3) is 0.158. The topological polar surface area (TPSA) is 58.0 Å². The van der Waals surface area contributed by atoms with E-state index in [4.69, 9.17) is 11.6 Å². The van der Waals surface area contributed by atoms with E-state index in [1.807, 2.05) is 54.6 Å². The SMILES string of the molecule is Oc1cnc(NCCCc2ccc(Cl)cc2)nc1-c1ccccc1. The molecule has 122 valence electrons. The Kier molecular flexibility index (Phi) is 5.29. The van der Waals surface area contributed by atoms with Crippen molar-refractivity contribution in [2.24, 2.45) is 0 Å². The van der Waals surface area contributed by atoms with Crippen LogP contribution in [-0.4, -0.2) is 21.6 Å². The van der Waals surface area contributed by atoms with Gasteiger partial charge in [-0.05, 0) is 30.5 Å². The monoisotopic (exact) mass is 339 g/mol. The molecule has 0 aliphatic carbocycles. The van der Waals surface area contributed by atoms with Crippen molar-refractivity contribution < 1.29 is 5.11 Å². The summed E-state index contributed by atoms with van der Waals surface area (Å²) in [5.74, 6) is 0.593. The van der Waals surface area contributed by atoms with Gasteiger partial charge in [-0.3, -0.25) is 0 Å². The highest BCUT2D eigenvalue weighted by atomic mass is 35.5. The molecule has 24 heavy (non-hydrogen) atoms. The van der Waals surface area contributed by atoms with Crippen molar-refractivity contribution in [2.45, 2.75) is 12.8 Å². The number of rotatable bonds is 6. The van der Waals surface area contributed by atoms with Crippen molar-refractivity contribution in [2.75, 3.05) is 11.9 Å². The van der Waals surface area contributed by atoms with Gasteiger partial charge in [0.25, 0.3) is 0 Å². The Morgan fingerprint density at radius 2 is 1.75 bits per heavy atom. The Bertz CT molecular complexity index is 791. The van der Waals surface area contributed by atoms with Gasteiger partial charge in [-0.25, -0.2) is 9.97 Å². The first-order valence-corrected chi connectivity index (χ1v) is 8.20. The molecule has 0 radical (unpaired) electrons. The molecule has 0 aliphatic heterocycles.